The lowest BCUT2D eigenvalue weighted by molar-refractivity contribution is -0.0156. The SMILES string of the molecule is CN(CCCOC(C)(c1ccc(Cl)cc1)c1nccn1C)CCc1ccc(Cl)cc1. The van der Waals surface area contributed by atoms with Gasteiger partial charge in [0.15, 0.2) is 0 Å². The number of imidazole rings is 1. The first-order valence-electron chi connectivity index (χ1n) is 10.2. The van der Waals surface area contributed by atoms with Crippen LogP contribution in [-0.4, -0.2) is 41.2 Å². The lowest BCUT2D eigenvalue weighted by Gasteiger charge is -2.30. The minimum absolute atomic E-state index is 0.634. The van der Waals surface area contributed by atoms with E-state index in [2.05, 4.69) is 36.0 Å². The van der Waals surface area contributed by atoms with Crippen LogP contribution in [0.15, 0.2) is 60.9 Å². The molecule has 1 unspecified atom stereocenters. The fourth-order valence-electron chi connectivity index (χ4n) is 3.56. The second-order valence-corrected chi connectivity index (χ2v) is 8.66. The molecule has 4 nitrogen and oxygen atoms in total. The van der Waals surface area contributed by atoms with Crippen LogP contribution in [0.5, 0.6) is 0 Å². The molecule has 1 atom stereocenters. The summed E-state index contributed by atoms with van der Waals surface area (Å²) in [6, 6.07) is 15.9. The average molecular weight is 446 g/mol. The zero-order valence-electron chi connectivity index (χ0n) is 17.8. The zero-order chi connectivity index (χ0) is 21.6. The maximum Gasteiger partial charge on any atom is 0.148 e. The Balaban J connectivity index is 1.55. The van der Waals surface area contributed by atoms with Crippen LogP contribution in [0.3, 0.4) is 0 Å². The van der Waals surface area contributed by atoms with Gasteiger partial charge >= 0.3 is 0 Å². The second kappa shape index (κ2) is 10.5. The van der Waals surface area contributed by atoms with Crippen LogP contribution in [0.25, 0.3) is 0 Å². The highest BCUT2D eigenvalue weighted by molar-refractivity contribution is 6.30. The molecule has 0 N–H and O–H groups in total. The molecular weight excluding hydrogens is 417 g/mol. The standard InChI is InChI=1S/C24H29Cl2N3O/c1-24(23-27-14-17-29(23)3,20-7-11-22(26)12-8-20)30-18-4-15-28(2)16-13-19-5-9-21(25)10-6-19/h5-12,14,17H,4,13,15-16,18H2,1-3H3. The lowest BCUT2D eigenvalue weighted by Crippen LogP contribution is -2.32. The van der Waals surface area contributed by atoms with E-state index in [9.17, 15) is 0 Å². The van der Waals surface area contributed by atoms with E-state index in [4.69, 9.17) is 27.9 Å². The second-order valence-electron chi connectivity index (χ2n) is 7.78. The van der Waals surface area contributed by atoms with Crippen LogP contribution < -0.4 is 0 Å². The summed E-state index contributed by atoms with van der Waals surface area (Å²) < 4.78 is 8.45. The van der Waals surface area contributed by atoms with Crippen LogP contribution in [0.2, 0.25) is 10.0 Å². The topological polar surface area (TPSA) is 30.3 Å². The van der Waals surface area contributed by atoms with Crippen LogP contribution in [0.4, 0.5) is 0 Å². The predicted octanol–water partition coefficient (Wildman–Crippen LogP) is 5.57. The first-order valence-corrected chi connectivity index (χ1v) is 10.9. The van der Waals surface area contributed by atoms with E-state index in [1.165, 1.54) is 5.56 Å². The Hall–Kier alpha value is -1.85. The number of aromatic nitrogens is 2. The van der Waals surface area contributed by atoms with Crippen LogP contribution in [0, 0.1) is 0 Å². The van der Waals surface area contributed by atoms with E-state index < -0.39 is 5.60 Å². The fraction of sp³-hybridized carbons (Fsp3) is 0.375. The third kappa shape index (κ3) is 5.86. The van der Waals surface area contributed by atoms with Gasteiger partial charge in [0, 0.05) is 49.2 Å². The quantitative estimate of drug-likeness (QED) is 0.382. The molecule has 160 valence electrons. The number of rotatable bonds is 10. The van der Waals surface area contributed by atoms with E-state index in [1.54, 1.807) is 6.20 Å². The number of ether oxygens (including phenoxy) is 1. The first-order chi connectivity index (χ1) is 14.4. The van der Waals surface area contributed by atoms with E-state index in [0.29, 0.717) is 11.6 Å². The van der Waals surface area contributed by atoms with Crippen molar-refractivity contribution in [1.29, 1.82) is 0 Å². The lowest BCUT2D eigenvalue weighted by atomic mass is 9.94. The summed E-state index contributed by atoms with van der Waals surface area (Å²) in [5.41, 5.74) is 1.70. The molecule has 0 saturated carbocycles. The molecule has 0 radical (unpaired) electrons. The van der Waals surface area contributed by atoms with Crippen molar-refractivity contribution < 1.29 is 4.74 Å². The van der Waals surface area contributed by atoms with Gasteiger partial charge in [-0.25, -0.2) is 4.98 Å². The minimum Gasteiger partial charge on any atom is -0.363 e. The number of hydrogen-bond acceptors (Lipinski definition) is 3. The van der Waals surface area contributed by atoms with Crippen LogP contribution in [-0.2, 0) is 23.8 Å². The highest BCUT2D eigenvalue weighted by Crippen LogP contribution is 2.33. The highest BCUT2D eigenvalue weighted by atomic mass is 35.5. The summed E-state index contributed by atoms with van der Waals surface area (Å²) in [6.45, 7) is 4.67. The molecule has 0 aliphatic carbocycles. The van der Waals surface area contributed by atoms with Crippen molar-refractivity contribution in [2.24, 2.45) is 7.05 Å². The van der Waals surface area contributed by atoms with Crippen LogP contribution >= 0.6 is 23.2 Å². The van der Waals surface area contributed by atoms with Crippen molar-refractivity contribution in [3.63, 3.8) is 0 Å². The molecule has 0 fully saturated rings. The summed E-state index contributed by atoms with van der Waals surface area (Å²) in [7, 11) is 4.14. The summed E-state index contributed by atoms with van der Waals surface area (Å²) in [6.07, 6.45) is 5.68. The van der Waals surface area contributed by atoms with Gasteiger partial charge in [0.2, 0.25) is 0 Å². The Morgan fingerprint density at radius 2 is 1.63 bits per heavy atom. The molecule has 3 aromatic rings. The Morgan fingerprint density at radius 1 is 1.00 bits per heavy atom. The third-order valence-electron chi connectivity index (χ3n) is 5.41. The van der Waals surface area contributed by atoms with Crippen molar-refractivity contribution >= 4 is 23.2 Å². The van der Waals surface area contributed by atoms with Gasteiger partial charge in [0.05, 0.1) is 0 Å². The molecule has 0 bridgehead atoms. The molecule has 0 aliphatic heterocycles. The van der Waals surface area contributed by atoms with Gasteiger partial charge in [-0.2, -0.15) is 0 Å². The van der Waals surface area contributed by atoms with Gasteiger partial charge in [-0.05, 0) is 62.2 Å². The molecule has 0 amide bonds. The predicted molar refractivity (Wildman–Crippen MR) is 124 cm³/mol. The van der Waals surface area contributed by atoms with Gasteiger partial charge < -0.3 is 14.2 Å². The fourth-order valence-corrected chi connectivity index (χ4v) is 3.82. The Labute approximate surface area is 189 Å². The summed E-state index contributed by atoms with van der Waals surface area (Å²) in [5, 5.41) is 1.49. The zero-order valence-corrected chi connectivity index (χ0v) is 19.3. The van der Waals surface area contributed by atoms with Gasteiger partial charge in [-0.1, -0.05) is 47.5 Å². The largest absolute Gasteiger partial charge is 0.363 e. The summed E-state index contributed by atoms with van der Waals surface area (Å²) >= 11 is 12.0. The summed E-state index contributed by atoms with van der Waals surface area (Å²) in [4.78, 5) is 6.89. The van der Waals surface area contributed by atoms with Gasteiger partial charge in [0.25, 0.3) is 0 Å². The third-order valence-corrected chi connectivity index (χ3v) is 5.92. The van der Waals surface area contributed by atoms with Crippen molar-refractivity contribution in [3.8, 4) is 0 Å². The number of hydrogen-bond donors (Lipinski definition) is 0. The average Bonchev–Trinajstić information content (AvgIpc) is 3.17. The van der Waals surface area contributed by atoms with Gasteiger partial charge in [-0.15, -0.1) is 0 Å². The molecule has 0 saturated heterocycles. The minimum atomic E-state index is -0.634. The Kier molecular flexibility index (Phi) is 7.95. The van der Waals surface area contributed by atoms with E-state index >= 15 is 0 Å². The smallest absolute Gasteiger partial charge is 0.148 e. The molecular formula is C24H29Cl2N3O. The van der Waals surface area contributed by atoms with E-state index in [1.807, 2.05) is 54.2 Å². The molecule has 1 heterocycles. The molecule has 2 aromatic carbocycles. The normalized spacial score (nSPS) is 13.5. The highest BCUT2D eigenvalue weighted by Gasteiger charge is 2.33. The maximum absolute atomic E-state index is 6.44. The Morgan fingerprint density at radius 3 is 2.23 bits per heavy atom. The van der Waals surface area contributed by atoms with Crippen molar-refractivity contribution in [3.05, 3.63) is 87.9 Å². The van der Waals surface area contributed by atoms with Crippen molar-refractivity contribution in [1.82, 2.24) is 14.5 Å². The van der Waals surface area contributed by atoms with Gasteiger partial charge in [-0.3, -0.25) is 0 Å². The number of benzene rings is 2. The number of aryl methyl sites for hydroxylation is 1. The molecule has 30 heavy (non-hydrogen) atoms. The Bertz CT molecular complexity index is 924. The maximum atomic E-state index is 6.44. The monoisotopic (exact) mass is 445 g/mol. The molecule has 3 rings (SSSR count). The molecule has 0 spiro atoms. The van der Waals surface area contributed by atoms with Crippen molar-refractivity contribution in [2.45, 2.75) is 25.4 Å². The first kappa shape index (κ1) is 22.8. The van der Waals surface area contributed by atoms with Crippen molar-refractivity contribution in [2.75, 3.05) is 26.7 Å². The van der Waals surface area contributed by atoms with Gasteiger partial charge in [0.1, 0.15) is 11.4 Å². The van der Waals surface area contributed by atoms with E-state index in [-0.39, 0.29) is 0 Å². The number of nitrogens with zero attached hydrogens (tertiary/aromatic N) is 3. The molecule has 0 aliphatic rings. The molecule has 6 heteroatoms. The number of likely N-dealkylation sites (N-methyl/N-ethyl adjacent to an activating group) is 1. The van der Waals surface area contributed by atoms with E-state index in [0.717, 1.165) is 42.3 Å². The van der Waals surface area contributed by atoms with Crippen LogP contribution in [0.1, 0.15) is 30.3 Å². The number of halogens is 2. The molecule has 1 aromatic heterocycles. The summed E-state index contributed by atoms with van der Waals surface area (Å²) in [5.74, 6) is 0.876.